The normalized spacial score (nSPS) is 24.0. The van der Waals surface area contributed by atoms with Crippen molar-refractivity contribution >= 4 is 32.7 Å². The fourth-order valence-electron chi connectivity index (χ4n) is 3.40. The number of hydrogen-bond donors (Lipinski definition) is 0. The van der Waals surface area contributed by atoms with E-state index < -0.39 is 0 Å². The molecule has 4 heteroatoms. The van der Waals surface area contributed by atoms with E-state index >= 15 is 0 Å². The number of halogens is 1. The van der Waals surface area contributed by atoms with Gasteiger partial charge in [-0.3, -0.25) is 4.79 Å². The number of carbonyl (C=O) groups is 1. The summed E-state index contributed by atoms with van der Waals surface area (Å²) in [6.45, 7) is 1.92. The Morgan fingerprint density at radius 1 is 1.21 bits per heavy atom. The summed E-state index contributed by atoms with van der Waals surface area (Å²) < 4.78 is 11.4. The van der Waals surface area contributed by atoms with E-state index in [9.17, 15) is 4.79 Å². The third-order valence-corrected chi connectivity index (χ3v) is 5.24. The highest BCUT2D eigenvalue weighted by Gasteiger charge is 2.29. The maximum absolute atomic E-state index is 10.8. The van der Waals surface area contributed by atoms with Gasteiger partial charge in [0.05, 0.1) is 18.8 Å². The van der Waals surface area contributed by atoms with Crippen LogP contribution >= 0.6 is 15.9 Å². The molecule has 1 fully saturated rings. The molecule has 2 aromatic rings. The zero-order valence-electron chi connectivity index (χ0n) is 13.9. The minimum absolute atomic E-state index is 0.105. The predicted molar refractivity (Wildman–Crippen MR) is 99.4 cm³/mol. The van der Waals surface area contributed by atoms with Gasteiger partial charge >= 0.3 is 5.97 Å². The summed E-state index contributed by atoms with van der Waals surface area (Å²) in [5.41, 5.74) is 1.27. The smallest absolute Gasteiger partial charge is 0.302 e. The van der Waals surface area contributed by atoms with E-state index in [1.807, 2.05) is 0 Å². The molecule has 1 aliphatic heterocycles. The standard InChI is InChI=1S/C20H23BrO3/c1-14(22)23-11-5-8-17-12-16(21)13-20(24-17)19-10-4-7-15-6-2-3-9-18(15)19/h2-4,6-7,9-10,16-17,20H,5,8,11-13H2,1H3/t16-,17+,20+/m0/s1. The van der Waals surface area contributed by atoms with Crippen LogP contribution in [-0.2, 0) is 14.3 Å². The molecule has 128 valence electrons. The Bertz CT molecular complexity index is 695. The molecule has 0 N–H and O–H groups in total. The number of esters is 1. The Morgan fingerprint density at radius 2 is 2.00 bits per heavy atom. The number of carbonyl (C=O) groups excluding carboxylic acids is 1. The van der Waals surface area contributed by atoms with E-state index in [0.717, 1.165) is 25.7 Å². The first-order valence-corrected chi connectivity index (χ1v) is 9.45. The fraction of sp³-hybridized carbons (Fsp3) is 0.450. The molecule has 0 aromatic heterocycles. The van der Waals surface area contributed by atoms with Crippen molar-refractivity contribution in [2.24, 2.45) is 0 Å². The number of ether oxygens (including phenoxy) is 2. The molecule has 3 rings (SSSR count). The maximum atomic E-state index is 10.8. The second-order valence-electron chi connectivity index (χ2n) is 6.37. The van der Waals surface area contributed by atoms with Crippen LogP contribution in [0.2, 0.25) is 0 Å². The van der Waals surface area contributed by atoms with Crippen LogP contribution in [0, 0.1) is 0 Å². The first-order chi connectivity index (χ1) is 11.6. The van der Waals surface area contributed by atoms with Crippen LogP contribution in [0.25, 0.3) is 10.8 Å². The average molecular weight is 391 g/mol. The molecule has 0 amide bonds. The zero-order chi connectivity index (χ0) is 16.9. The number of rotatable bonds is 5. The lowest BCUT2D eigenvalue weighted by Gasteiger charge is -2.34. The van der Waals surface area contributed by atoms with Crippen LogP contribution < -0.4 is 0 Å². The van der Waals surface area contributed by atoms with Gasteiger partial charge in [0, 0.05) is 11.8 Å². The van der Waals surface area contributed by atoms with Crippen molar-refractivity contribution in [3.63, 3.8) is 0 Å². The first-order valence-electron chi connectivity index (χ1n) is 8.54. The summed E-state index contributed by atoms with van der Waals surface area (Å²) in [6.07, 6.45) is 4.04. The van der Waals surface area contributed by atoms with Crippen LogP contribution in [0.15, 0.2) is 42.5 Å². The molecule has 1 saturated heterocycles. The number of fused-ring (bicyclic) bond motifs is 1. The number of alkyl halides is 1. The van der Waals surface area contributed by atoms with E-state index in [-0.39, 0.29) is 18.2 Å². The molecular weight excluding hydrogens is 368 g/mol. The van der Waals surface area contributed by atoms with Crippen LogP contribution in [-0.4, -0.2) is 23.5 Å². The van der Waals surface area contributed by atoms with Crippen molar-refractivity contribution < 1.29 is 14.3 Å². The van der Waals surface area contributed by atoms with Gasteiger partial charge in [-0.05, 0) is 42.0 Å². The quantitative estimate of drug-likeness (QED) is 0.401. The Kier molecular flexibility index (Phi) is 5.90. The predicted octanol–water partition coefficient (Wildman–Crippen LogP) is 5.17. The van der Waals surface area contributed by atoms with Crippen molar-refractivity contribution in [1.82, 2.24) is 0 Å². The summed E-state index contributed by atoms with van der Waals surface area (Å²) in [7, 11) is 0. The number of hydrogen-bond acceptors (Lipinski definition) is 3. The SMILES string of the molecule is CC(=O)OCCC[C@@H]1C[C@H](Br)C[C@H](c2cccc3ccccc23)O1. The van der Waals surface area contributed by atoms with Crippen LogP contribution in [0.4, 0.5) is 0 Å². The Morgan fingerprint density at radius 3 is 2.83 bits per heavy atom. The van der Waals surface area contributed by atoms with Crippen molar-refractivity contribution in [2.45, 2.75) is 49.6 Å². The minimum Gasteiger partial charge on any atom is -0.466 e. The molecule has 2 aromatic carbocycles. The van der Waals surface area contributed by atoms with Gasteiger partial charge in [-0.15, -0.1) is 0 Å². The average Bonchev–Trinajstić information content (AvgIpc) is 2.57. The molecule has 3 atom stereocenters. The minimum atomic E-state index is -0.216. The van der Waals surface area contributed by atoms with E-state index in [1.165, 1.54) is 23.3 Å². The van der Waals surface area contributed by atoms with Crippen LogP contribution in [0.5, 0.6) is 0 Å². The molecule has 0 unspecified atom stereocenters. The molecule has 0 saturated carbocycles. The van der Waals surface area contributed by atoms with Crippen molar-refractivity contribution in [3.05, 3.63) is 48.0 Å². The van der Waals surface area contributed by atoms with Crippen molar-refractivity contribution in [3.8, 4) is 0 Å². The third kappa shape index (κ3) is 4.37. The Labute approximate surface area is 151 Å². The lowest BCUT2D eigenvalue weighted by atomic mass is 9.93. The second-order valence-corrected chi connectivity index (χ2v) is 7.66. The van der Waals surface area contributed by atoms with E-state index in [1.54, 1.807) is 0 Å². The van der Waals surface area contributed by atoms with E-state index in [4.69, 9.17) is 9.47 Å². The molecule has 1 heterocycles. The largest absolute Gasteiger partial charge is 0.466 e. The summed E-state index contributed by atoms with van der Waals surface area (Å²) in [4.78, 5) is 11.3. The van der Waals surface area contributed by atoms with Gasteiger partial charge in [0.2, 0.25) is 0 Å². The summed E-state index contributed by atoms with van der Waals surface area (Å²) in [6, 6.07) is 14.9. The highest BCUT2D eigenvalue weighted by molar-refractivity contribution is 9.09. The summed E-state index contributed by atoms with van der Waals surface area (Å²) in [5.74, 6) is -0.216. The van der Waals surface area contributed by atoms with Gasteiger partial charge < -0.3 is 9.47 Å². The van der Waals surface area contributed by atoms with E-state index in [2.05, 4.69) is 58.4 Å². The van der Waals surface area contributed by atoms with Gasteiger partial charge in [-0.25, -0.2) is 0 Å². The van der Waals surface area contributed by atoms with Gasteiger partial charge in [0.15, 0.2) is 0 Å². The number of benzene rings is 2. The maximum Gasteiger partial charge on any atom is 0.302 e. The van der Waals surface area contributed by atoms with Crippen molar-refractivity contribution in [2.75, 3.05) is 6.61 Å². The molecule has 1 aliphatic rings. The van der Waals surface area contributed by atoms with Gasteiger partial charge in [-0.1, -0.05) is 58.4 Å². The second kappa shape index (κ2) is 8.13. The molecular formula is C20H23BrO3. The lowest BCUT2D eigenvalue weighted by Crippen LogP contribution is -2.29. The zero-order valence-corrected chi connectivity index (χ0v) is 15.5. The summed E-state index contributed by atoms with van der Waals surface area (Å²) >= 11 is 3.80. The molecule has 0 aliphatic carbocycles. The van der Waals surface area contributed by atoms with E-state index in [0.29, 0.717) is 11.4 Å². The van der Waals surface area contributed by atoms with Gasteiger partial charge in [-0.2, -0.15) is 0 Å². The van der Waals surface area contributed by atoms with Crippen LogP contribution in [0.1, 0.15) is 44.3 Å². The van der Waals surface area contributed by atoms with Gasteiger partial charge in [0.25, 0.3) is 0 Å². The van der Waals surface area contributed by atoms with Gasteiger partial charge in [0.1, 0.15) is 0 Å². The highest BCUT2D eigenvalue weighted by atomic mass is 79.9. The van der Waals surface area contributed by atoms with Crippen LogP contribution in [0.3, 0.4) is 0 Å². The molecule has 24 heavy (non-hydrogen) atoms. The highest BCUT2D eigenvalue weighted by Crippen LogP contribution is 2.38. The summed E-state index contributed by atoms with van der Waals surface area (Å²) in [5, 5.41) is 2.52. The lowest BCUT2D eigenvalue weighted by molar-refractivity contribution is -0.141. The molecule has 0 spiro atoms. The Hall–Kier alpha value is -1.39. The molecule has 3 nitrogen and oxygen atoms in total. The first kappa shape index (κ1) is 17.4. The fourth-order valence-corrected chi connectivity index (χ4v) is 4.16. The van der Waals surface area contributed by atoms with Crippen molar-refractivity contribution in [1.29, 1.82) is 0 Å². The Balaban J connectivity index is 1.69. The monoisotopic (exact) mass is 390 g/mol. The molecule has 0 bridgehead atoms. The topological polar surface area (TPSA) is 35.5 Å². The third-order valence-electron chi connectivity index (χ3n) is 4.49. The molecule has 0 radical (unpaired) electrons.